The fraction of sp³-hybridized carbons (Fsp3) is 0.227. The Bertz CT molecular complexity index is 1020. The van der Waals surface area contributed by atoms with E-state index in [0.29, 0.717) is 17.2 Å². The third kappa shape index (κ3) is 4.70. The van der Waals surface area contributed by atoms with Crippen LogP contribution in [0.3, 0.4) is 0 Å². The molecule has 2 heterocycles. The molecule has 0 bridgehead atoms. The molecule has 1 amide bonds. The van der Waals surface area contributed by atoms with Crippen molar-refractivity contribution in [1.82, 2.24) is 21.2 Å². The van der Waals surface area contributed by atoms with Gasteiger partial charge in [0.2, 0.25) is 0 Å². The van der Waals surface area contributed by atoms with Gasteiger partial charge in [0.1, 0.15) is 0 Å². The Hall–Kier alpha value is -3.03. The lowest BCUT2D eigenvalue weighted by Crippen LogP contribution is -2.48. The number of hydrazine groups is 1. The van der Waals surface area contributed by atoms with Crippen LogP contribution in [0.15, 0.2) is 60.7 Å². The van der Waals surface area contributed by atoms with Crippen molar-refractivity contribution in [2.45, 2.75) is 18.9 Å². The zero-order chi connectivity index (χ0) is 20.1. The summed E-state index contributed by atoms with van der Waals surface area (Å²) in [4.78, 5) is 17.6. The molecule has 3 N–H and O–H groups in total. The minimum Gasteiger partial charge on any atom is -0.376 e. The molecule has 6 nitrogen and oxygen atoms in total. The Balaban J connectivity index is 1.49. The molecule has 1 saturated heterocycles. The predicted octanol–water partition coefficient (Wildman–Crippen LogP) is 3.19. The maximum Gasteiger partial charge on any atom is 0.270 e. The van der Waals surface area contributed by atoms with Crippen molar-refractivity contribution in [2.75, 3.05) is 13.2 Å². The molecule has 7 heteroatoms. The number of pyridine rings is 1. The van der Waals surface area contributed by atoms with Gasteiger partial charge in [0, 0.05) is 24.1 Å². The zero-order valence-corrected chi connectivity index (χ0v) is 16.7. The first-order valence-corrected chi connectivity index (χ1v) is 10.0. The Morgan fingerprint density at radius 2 is 1.90 bits per heavy atom. The van der Waals surface area contributed by atoms with Crippen LogP contribution in [0.1, 0.15) is 23.2 Å². The van der Waals surface area contributed by atoms with Gasteiger partial charge in [-0.25, -0.2) is 4.98 Å². The highest BCUT2D eigenvalue weighted by Gasteiger charge is 2.16. The molecule has 0 aliphatic carbocycles. The molecule has 2 aromatic carbocycles. The number of carbonyl (C=O) groups is 1. The molecule has 0 radical (unpaired) electrons. The molecule has 4 rings (SSSR count). The number of nitrogens with one attached hydrogen (secondary N) is 3. The summed E-state index contributed by atoms with van der Waals surface area (Å²) in [6, 6.07) is 19.2. The van der Waals surface area contributed by atoms with Gasteiger partial charge in [0.25, 0.3) is 5.91 Å². The van der Waals surface area contributed by atoms with E-state index in [-0.39, 0.29) is 12.0 Å². The van der Waals surface area contributed by atoms with Crippen molar-refractivity contribution < 1.29 is 9.53 Å². The molecule has 148 valence electrons. The van der Waals surface area contributed by atoms with Crippen molar-refractivity contribution in [3.63, 3.8) is 0 Å². The summed E-state index contributed by atoms with van der Waals surface area (Å²) >= 11 is 5.25. The molecule has 0 saturated carbocycles. The number of nitrogens with zero attached hydrogens (tertiary/aromatic N) is 1. The van der Waals surface area contributed by atoms with Gasteiger partial charge in [-0.05, 0) is 37.2 Å². The minimum absolute atomic E-state index is 0.169. The Kier molecular flexibility index (Phi) is 5.97. The smallest absolute Gasteiger partial charge is 0.270 e. The number of fused-ring (bicyclic) bond motifs is 1. The summed E-state index contributed by atoms with van der Waals surface area (Å²) in [6.45, 7) is 1.42. The zero-order valence-electron chi connectivity index (χ0n) is 15.9. The Morgan fingerprint density at radius 3 is 2.69 bits per heavy atom. The normalized spacial score (nSPS) is 15.8. The molecule has 1 fully saturated rings. The fourth-order valence-corrected chi connectivity index (χ4v) is 3.49. The van der Waals surface area contributed by atoms with E-state index in [9.17, 15) is 4.79 Å². The van der Waals surface area contributed by atoms with E-state index in [0.717, 1.165) is 41.6 Å². The van der Waals surface area contributed by atoms with Crippen LogP contribution in [0.4, 0.5) is 0 Å². The van der Waals surface area contributed by atoms with Crippen LogP contribution in [0.25, 0.3) is 22.2 Å². The number of para-hydroxylation sites is 1. The first-order chi connectivity index (χ1) is 14.2. The average Bonchev–Trinajstić information content (AvgIpc) is 3.29. The summed E-state index contributed by atoms with van der Waals surface area (Å²) < 4.78 is 5.56. The maximum atomic E-state index is 12.9. The topological polar surface area (TPSA) is 75.3 Å². The third-order valence-electron chi connectivity index (χ3n) is 4.83. The molecule has 1 aromatic heterocycles. The number of hydrogen-bond acceptors (Lipinski definition) is 4. The first kappa shape index (κ1) is 19.3. The van der Waals surface area contributed by atoms with Gasteiger partial charge in [-0.3, -0.25) is 15.6 Å². The van der Waals surface area contributed by atoms with Crippen molar-refractivity contribution in [3.05, 3.63) is 66.2 Å². The van der Waals surface area contributed by atoms with E-state index in [4.69, 9.17) is 21.9 Å². The van der Waals surface area contributed by atoms with Gasteiger partial charge in [-0.15, -0.1) is 0 Å². The van der Waals surface area contributed by atoms with Crippen LogP contribution in [0.5, 0.6) is 0 Å². The second-order valence-corrected chi connectivity index (χ2v) is 7.27. The largest absolute Gasteiger partial charge is 0.376 e. The summed E-state index contributed by atoms with van der Waals surface area (Å²) in [7, 11) is 0. The Morgan fingerprint density at radius 1 is 1.10 bits per heavy atom. The number of hydrogen-bond donors (Lipinski definition) is 3. The van der Waals surface area contributed by atoms with Crippen LogP contribution < -0.4 is 16.2 Å². The summed E-state index contributed by atoms with van der Waals surface area (Å²) in [6.07, 6.45) is 2.26. The number of rotatable bonds is 4. The van der Waals surface area contributed by atoms with E-state index < -0.39 is 0 Å². The highest BCUT2D eigenvalue weighted by atomic mass is 32.1. The van der Waals surface area contributed by atoms with E-state index in [1.54, 1.807) is 6.07 Å². The van der Waals surface area contributed by atoms with Gasteiger partial charge < -0.3 is 10.1 Å². The molecule has 1 atom stereocenters. The SMILES string of the molecule is O=C(NNC(=S)NC[C@H]1CCCO1)c1cc(-c2ccccc2)nc2ccccc12. The predicted molar refractivity (Wildman–Crippen MR) is 117 cm³/mol. The molecule has 29 heavy (non-hydrogen) atoms. The van der Waals surface area contributed by atoms with Crippen LogP contribution >= 0.6 is 12.2 Å². The van der Waals surface area contributed by atoms with Gasteiger partial charge in [0.15, 0.2) is 5.11 Å². The summed E-state index contributed by atoms with van der Waals surface area (Å²) in [5.74, 6) is -0.276. The Labute approximate surface area is 174 Å². The highest BCUT2D eigenvalue weighted by molar-refractivity contribution is 7.80. The average molecular weight is 407 g/mol. The van der Waals surface area contributed by atoms with Crippen molar-refractivity contribution in [1.29, 1.82) is 0 Å². The number of ether oxygens (including phenoxy) is 1. The molecule has 1 aliphatic rings. The molecular weight excluding hydrogens is 384 g/mol. The molecule has 0 unspecified atom stereocenters. The van der Waals surface area contributed by atoms with Gasteiger partial charge in [0.05, 0.1) is 22.9 Å². The van der Waals surface area contributed by atoms with Crippen LogP contribution in [0.2, 0.25) is 0 Å². The van der Waals surface area contributed by atoms with Crippen LogP contribution in [0, 0.1) is 0 Å². The van der Waals surface area contributed by atoms with Crippen LogP contribution in [-0.4, -0.2) is 35.3 Å². The molecule has 0 spiro atoms. The second-order valence-electron chi connectivity index (χ2n) is 6.86. The van der Waals surface area contributed by atoms with E-state index in [1.165, 1.54) is 0 Å². The van der Waals surface area contributed by atoms with Gasteiger partial charge in [-0.2, -0.15) is 0 Å². The monoisotopic (exact) mass is 406 g/mol. The lowest BCUT2D eigenvalue weighted by atomic mass is 10.0. The fourth-order valence-electron chi connectivity index (χ4n) is 3.36. The summed E-state index contributed by atoms with van der Waals surface area (Å²) in [5, 5.41) is 4.21. The quantitative estimate of drug-likeness (QED) is 0.456. The van der Waals surface area contributed by atoms with E-state index in [2.05, 4.69) is 16.2 Å². The first-order valence-electron chi connectivity index (χ1n) is 9.62. The lowest BCUT2D eigenvalue weighted by molar-refractivity contribution is 0.0944. The van der Waals surface area contributed by atoms with Gasteiger partial charge >= 0.3 is 0 Å². The van der Waals surface area contributed by atoms with E-state index >= 15 is 0 Å². The second kappa shape index (κ2) is 8.98. The number of thiocarbonyl (C=S) groups is 1. The number of aromatic nitrogens is 1. The van der Waals surface area contributed by atoms with Crippen molar-refractivity contribution in [2.24, 2.45) is 0 Å². The van der Waals surface area contributed by atoms with Gasteiger partial charge in [-0.1, -0.05) is 48.5 Å². The van der Waals surface area contributed by atoms with Crippen molar-refractivity contribution >= 4 is 34.1 Å². The van der Waals surface area contributed by atoms with Crippen LogP contribution in [-0.2, 0) is 4.74 Å². The maximum absolute atomic E-state index is 12.9. The highest BCUT2D eigenvalue weighted by Crippen LogP contribution is 2.24. The number of carbonyl (C=O) groups excluding carboxylic acids is 1. The van der Waals surface area contributed by atoms with Crippen molar-refractivity contribution in [3.8, 4) is 11.3 Å². The molecule has 1 aliphatic heterocycles. The number of benzene rings is 2. The lowest BCUT2D eigenvalue weighted by Gasteiger charge is -2.15. The molecular formula is C22H22N4O2S. The third-order valence-corrected chi connectivity index (χ3v) is 5.08. The standard InChI is InChI=1S/C22H22N4O2S/c27-21(25-26-22(29)23-14-16-9-6-12-28-16)18-13-20(15-7-2-1-3-8-15)24-19-11-5-4-10-17(18)19/h1-5,7-8,10-11,13,16H,6,9,12,14H2,(H,25,27)(H2,23,26,29)/t16-/m1/s1. The van der Waals surface area contributed by atoms with E-state index in [1.807, 2.05) is 54.6 Å². The summed E-state index contributed by atoms with van der Waals surface area (Å²) in [5.41, 5.74) is 8.45. The molecule has 3 aromatic rings. The number of amides is 1. The minimum atomic E-state index is -0.276.